The molecule has 4 heteroatoms. The van der Waals surface area contributed by atoms with Gasteiger partial charge in [0, 0.05) is 5.39 Å². The summed E-state index contributed by atoms with van der Waals surface area (Å²) in [6.45, 7) is 9.96. The third kappa shape index (κ3) is 10.4. The fraction of sp³-hybridized carbons (Fsp3) is 0.333. The van der Waals surface area contributed by atoms with Gasteiger partial charge in [-0.2, -0.15) is 0 Å². The van der Waals surface area contributed by atoms with Crippen LogP contribution in [-0.2, 0) is 0 Å². The molecule has 0 amide bonds. The van der Waals surface area contributed by atoms with Gasteiger partial charge in [0.1, 0.15) is 11.3 Å². The number of rotatable bonds is 1. The molecular weight excluding hydrogens is 311 g/mol. The van der Waals surface area contributed by atoms with Crippen molar-refractivity contribution in [3.63, 3.8) is 0 Å². The molecule has 1 heterocycles. The van der Waals surface area contributed by atoms with Crippen LogP contribution >= 0.6 is 0 Å². The average Bonchev–Trinajstić information content (AvgIpc) is 3.00. The van der Waals surface area contributed by atoms with Gasteiger partial charge < -0.3 is 14.5 Å². The minimum absolute atomic E-state index is 0. The van der Waals surface area contributed by atoms with Gasteiger partial charge in [0.2, 0.25) is 0 Å². The van der Waals surface area contributed by atoms with Gasteiger partial charge in [-0.3, -0.25) is 0 Å². The first-order valence-electron chi connectivity index (χ1n) is 8.03. The second-order valence-corrected chi connectivity index (χ2v) is 4.18. The molecule has 3 rings (SSSR count). The Bertz CT molecular complexity index is 601. The number of furan rings is 1. The summed E-state index contributed by atoms with van der Waals surface area (Å²) in [4.78, 5) is 0. The largest absolute Gasteiger partial charge is 0.488 e. The summed E-state index contributed by atoms with van der Waals surface area (Å²) in [6.07, 6.45) is 0. The van der Waals surface area contributed by atoms with Gasteiger partial charge in [0.25, 0.3) is 0 Å². The Hall–Kier alpha value is -2.04. The van der Waals surface area contributed by atoms with Crippen LogP contribution in [0.2, 0.25) is 0 Å². The van der Waals surface area contributed by atoms with Crippen LogP contribution in [0.1, 0.15) is 48.3 Å². The van der Waals surface area contributed by atoms with E-state index < -0.39 is 7.12 Å². The van der Waals surface area contributed by atoms with Gasteiger partial charge in [-0.1, -0.05) is 91.1 Å². The van der Waals surface area contributed by atoms with Crippen LogP contribution in [0.5, 0.6) is 0 Å². The van der Waals surface area contributed by atoms with Gasteiger partial charge in [-0.05, 0) is 24.5 Å². The van der Waals surface area contributed by atoms with Crippen LogP contribution in [0.4, 0.5) is 0 Å². The van der Waals surface area contributed by atoms with E-state index in [4.69, 9.17) is 14.5 Å². The third-order valence-corrected chi connectivity index (χ3v) is 2.65. The molecule has 0 saturated carbocycles. The molecule has 3 aromatic rings. The second kappa shape index (κ2) is 16.8. The molecule has 0 saturated heterocycles. The number of hydrogen-bond donors (Lipinski definition) is 2. The topological polar surface area (TPSA) is 53.6 Å². The fourth-order valence-corrected chi connectivity index (χ4v) is 1.74. The van der Waals surface area contributed by atoms with Crippen molar-refractivity contribution in [1.82, 2.24) is 0 Å². The Morgan fingerprint density at radius 1 is 0.760 bits per heavy atom. The number of aryl methyl sites for hydroxylation is 1. The van der Waals surface area contributed by atoms with E-state index in [1.807, 2.05) is 71.0 Å². The number of para-hydroxylation sites is 1. The number of fused-ring (bicyclic) bond motifs is 1. The number of benzene rings is 2. The maximum Gasteiger partial charge on any atom is 0.488 e. The smallest absolute Gasteiger partial charge is 0.461 e. The molecule has 0 aliphatic rings. The summed E-state index contributed by atoms with van der Waals surface area (Å²) < 4.78 is 5.37. The summed E-state index contributed by atoms with van der Waals surface area (Å²) in [6, 6.07) is 18.7. The van der Waals surface area contributed by atoms with E-state index in [2.05, 4.69) is 0 Å². The van der Waals surface area contributed by atoms with E-state index in [-0.39, 0.29) is 14.9 Å². The lowest BCUT2D eigenvalue weighted by atomic mass is 9.81. The van der Waals surface area contributed by atoms with E-state index >= 15 is 0 Å². The van der Waals surface area contributed by atoms with Crippen molar-refractivity contribution in [2.45, 2.75) is 49.5 Å². The SMILES string of the molecule is C.C.CC.CC.Cc1cc2ccccc2o1.OB(O)c1ccccc1. The van der Waals surface area contributed by atoms with Crippen LogP contribution < -0.4 is 5.46 Å². The summed E-state index contributed by atoms with van der Waals surface area (Å²) in [5.74, 6) is 0.973. The molecule has 1 aromatic heterocycles. The molecule has 0 atom stereocenters. The van der Waals surface area contributed by atoms with E-state index in [0.29, 0.717) is 5.46 Å². The normalized spacial score (nSPS) is 7.96. The molecule has 2 aromatic carbocycles. The van der Waals surface area contributed by atoms with Gasteiger partial charge >= 0.3 is 7.12 Å². The second-order valence-electron chi connectivity index (χ2n) is 4.18. The van der Waals surface area contributed by atoms with E-state index in [1.54, 1.807) is 24.3 Å². The molecule has 3 nitrogen and oxygen atoms in total. The third-order valence-electron chi connectivity index (χ3n) is 2.65. The zero-order valence-electron chi connectivity index (χ0n) is 14.7. The maximum atomic E-state index is 8.58. The highest BCUT2D eigenvalue weighted by atomic mass is 16.4. The van der Waals surface area contributed by atoms with Crippen molar-refractivity contribution in [1.29, 1.82) is 0 Å². The zero-order chi connectivity index (χ0) is 17.7. The van der Waals surface area contributed by atoms with Gasteiger partial charge in [-0.25, -0.2) is 0 Å². The first kappa shape index (κ1) is 27.8. The molecular formula is C21H35BO3. The van der Waals surface area contributed by atoms with Crippen molar-refractivity contribution in [2.75, 3.05) is 0 Å². The molecule has 25 heavy (non-hydrogen) atoms. The molecule has 0 bridgehead atoms. The van der Waals surface area contributed by atoms with Crippen molar-refractivity contribution in [3.05, 3.63) is 66.4 Å². The minimum atomic E-state index is -1.34. The van der Waals surface area contributed by atoms with Crippen molar-refractivity contribution < 1.29 is 14.5 Å². The lowest BCUT2D eigenvalue weighted by Crippen LogP contribution is -2.29. The quantitative estimate of drug-likeness (QED) is 0.578. The minimum Gasteiger partial charge on any atom is -0.461 e. The molecule has 0 radical (unpaired) electrons. The van der Waals surface area contributed by atoms with Crippen LogP contribution in [0.25, 0.3) is 11.0 Å². The zero-order valence-corrected chi connectivity index (χ0v) is 14.7. The Labute approximate surface area is 154 Å². The molecule has 0 unspecified atom stereocenters. The predicted molar refractivity (Wildman–Crippen MR) is 113 cm³/mol. The van der Waals surface area contributed by atoms with Crippen LogP contribution in [0.15, 0.2) is 65.1 Å². The lowest BCUT2D eigenvalue weighted by Gasteiger charge is -1.94. The molecule has 0 aliphatic heterocycles. The molecule has 0 spiro atoms. The fourth-order valence-electron chi connectivity index (χ4n) is 1.74. The van der Waals surface area contributed by atoms with E-state index in [1.165, 1.54) is 5.39 Å². The van der Waals surface area contributed by atoms with Gasteiger partial charge in [-0.15, -0.1) is 0 Å². The Morgan fingerprint density at radius 3 is 1.68 bits per heavy atom. The Morgan fingerprint density at radius 2 is 1.24 bits per heavy atom. The lowest BCUT2D eigenvalue weighted by molar-refractivity contribution is 0.426. The van der Waals surface area contributed by atoms with Crippen LogP contribution in [0, 0.1) is 6.92 Å². The maximum absolute atomic E-state index is 8.58. The van der Waals surface area contributed by atoms with Crippen molar-refractivity contribution in [2.24, 2.45) is 0 Å². The van der Waals surface area contributed by atoms with Crippen LogP contribution in [0.3, 0.4) is 0 Å². The summed E-state index contributed by atoms with van der Waals surface area (Å²) >= 11 is 0. The first-order valence-corrected chi connectivity index (χ1v) is 8.03. The predicted octanol–water partition coefficient (Wildman–Crippen LogP) is 5.43. The van der Waals surface area contributed by atoms with Crippen molar-refractivity contribution >= 4 is 23.6 Å². The Kier molecular flexibility index (Phi) is 18.7. The van der Waals surface area contributed by atoms with E-state index in [0.717, 1.165) is 11.3 Å². The number of hydrogen-bond acceptors (Lipinski definition) is 3. The summed E-state index contributed by atoms with van der Waals surface area (Å²) in [7, 11) is -1.34. The van der Waals surface area contributed by atoms with Crippen molar-refractivity contribution in [3.8, 4) is 0 Å². The standard InChI is InChI=1S/C9H8O.C6H7BO2.2C2H6.2CH4/c1-7-6-8-4-2-3-5-9(8)10-7;8-7(9)6-4-2-1-3-5-6;2*1-2;;/h2-6H,1H3;1-5,8-9H;2*1-2H3;2*1H4. The summed E-state index contributed by atoms with van der Waals surface area (Å²) in [5, 5.41) is 18.3. The molecule has 0 fully saturated rings. The highest BCUT2D eigenvalue weighted by Gasteiger charge is 2.07. The average molecular weight is 346 g/mol. The van der Waals surface area contributed by atoms with Gasteiger partial charge in [0.15, 0.2) is 0 Å². The van der Waals surface area contributed by atoms with Gasteiger partial charge in [0.05, 0.1) is 0 Å². The Balaban J connectivity index is -0.000000304. The summed E-state index contributed by atoms with van der Waals surface area (Å²) in [5.41, 5.74) is 1.50. The van der Waals surface area contributed by atoms with Crippen LogP contribution in [-0.4, -0.2) is 17.2 Å². The monoisotopic (exact) mass is 346 g/mol. The molecule has 140 valence electrons. The molecule has 2 N–H and O–H groups in total. The highest BCUT2D eigenvalue weighted by molar-refractivity contribution is 6.58. The first-order chi connectivity index (χ1) is 11.2. The van der Waals surface area contributed by atoms with E-state index in [9.17, 15) is 0 Å². The highest BCUT2D eigenvalue weighted by Crippen LogP contribution is 2.17. The molecule has 0 aliphatic carbocycles.